The molecule has 0 heterocycles. The maximum atomic E-state index is 12.9. The largest absolute Gasteiger partial charge is 0.481 e. The Hall–Kier alpha value is -3.22. The maximum absolute atomic E-state index is 12.9. The zero-order valence-corrected chi connectivity index (χ0v) is 13.1. The number of nitrogens with one attached hydrogen (secondary N) is 1. The van der Waals surface area contributed by atoms with Gasteiger partial charge in [-0.05, 0) is 28.8 Å². The van der Waals surface area contributed by atoms with Crippen LogP contribution in [0.1, 0.15) is 12.0 Å². The molecule has 0 aromatic heterocycles. The molecule has 2 aromatic carbocycles. The SMILES string of the molecule is O=C(O)C[C@H](NC(=O)Cc1ccc(-c2ccc(F)cc2)cc1)C(=O)O. The number of rotatable bonds is 7. The molecule has 130 valence electrons. The fourth-order valence-corrected chi connectivity index (χ4v) is 2.26. The summed E-state index contributed by atoms with van der Waals surface area (Å²) in [5, 5.41) is 19.8. The molecule has 0 spiro atoms. The van der Waals surface area contributed by atoms with E-state index in [4.69, 9.17) is 10.2 Å². The van der Waals surface area contributed by atoms with Crippen molar-refractivity contribution in [1.82, 2.24) is 5.32 Å². The van der Waals surface area contributed by atoms with E-state index >= 15 is 0 Å². The second-order valence-electron chi connectivity index (χ2n) is 5.44. The van der Waals surface area contributed by atoms with Crippen LogP contribution in [0.15, 0.2) is 48.5 Å². The molecule has 0 aliphatic rings. The normalized spacial score (nSPS) is 11.6. The van der Waals surface area contributed by atoms with Crippen LogP contribution in [0, 0.1) is 5.82 Å². The maximum Gasteiger partial charge on any atom is 0.326 e. The summed E-state index contributed by atoms with van der Waals surface area (Å²) < 4.78 is 12.9. The molecule has 0 bridgehead atoms. The lowest BCUT2D eigenvalue weighted by Crippen LogP contribution is -2.42. The van der Waals surface area contributed by atoms with Crippen LogP contribution in [0.3, 0.4) is 0 Å². The Morgan fingerprint density at radius 1 is 0.920 bits per heavy atom. The molecule has 0 saturated carbocycles. The van der Waals surface area contributed by atoms with Gasteiger partial charge in [-0.25, -0.2) is 9.18 Å². The van der Waals surface area contributed by atoms with Gasteiger partial charge in [0.15, 0.2) is 0 Å². The van der Waals surface area contributed by atoms with E-state index in [0.717, 1.165) is 11.1 Å². The van der Waals surface area contributed by atoms with Gasteiger partial charge in [0.2, 0.25) is 5.91 Å². The summed E-state index contributed by atoms with van der Waals surface area (Å²) >= 11 is 0. The number of hydrogen-bond donors (Lipinski definition) is 3. The smallest absolute Gasteiger partial charge is 0.326 e. The number of benzene rings is 2. The molecule has 2 aromatic rings. The molecule has 0 aliphatic heterocycles. The van der Waals surface area contributed by atoms with Crippen LogP contribution in [-0.2, 0) is 20.8 Å². The molecule has 0 radical (unpaired) electrons. The zero-order valence-electron chi connectivity index (χ0n) is 13.1. The van der Waals surface area contributed by atoms with Gasteiger partial charge in [0, 0.05) is 0 Å². The third-order valence-electron chi connectivity index (χ3n) is 3.51. The van der Waals surface area contributed by atoms with E-state index in [1.54, 1.807) is 36.4 Å². The first-order valence-corrected chi connectivity index (χ1v) is 7.44. The minimum atomic E-state index is -1.47. The molecule has 6 nitrogen and oxygen atoms in total. The van der Waals surface area contributed by atoms with Crippen LogP contribution in [0.2, 0.25) is 0 Å². The predicted octanol–water partition coefficient (Wildman–Crippen LogP) is 2.08. The first kappa shape index (κ1) is 18.1. The third-order valence-corrected chi connectivity index (χ3v) is 3.51. The number of halogens is 1. The van der Waals surface area contributed by atoms with Crippen LogP contribution in [0.4, 0.5) is 4.39 Å². The second-order valence-corrected chi connectivity index (χ2v) is 5.44. The van der Waals surface area contributed by atoms with Crippen LogP contribution in [0.25, 0.3) is 11.1 Å². The van der Waals surface area contributed by atoms with Gasteiger partial charge < -0.3 is 15.5 Å². The Balaban J connectivity index is 2.00. The van der Waals surface area contributed by atoms with Gasteiger partial charge >= 0.3 is 11.9 Å². The summed E-state index contributed by atoms with van der Waals surface area (Å²) in [4.78, 5) is 33.4. The Labute approximate surface area is 142 Å². The molecular formula is C18H16FNO5. The molecule has 0 aliphatic carbocycles. The number of amides is 1. The van der Waals surface area contributed by atoms with Crippen LogP contribution >= 0.6 is 0 Å². The molecule has 1 atom stereocenters. The number of carbonyl (C=O) groups is 3. The summed E-state index contributed by atoms with van der Waals surface area (Å²) in [6.45, 7) is 0. The molecular weight excluding hydrogens is 329 g/mol. The molecule has 7 heteroatoms. The number of aliphatic carboxylic acids is 2. The Morgan fingerprint density at radius 2 is 1.44 bits per heavy atom. The first-order valence-electron chi connectivity index (χ1n) is 7.44. The highest BCUT2D eigenvalue weighted by Gasteiger charge is 2.22. The zero-order chi connectivity index (χ0) is 18.4. The van der Waals surface area contributed by atoms with Crippen molar-refractivity contribution in [2.45, 2.75) is 18.9 Å². The van der Waals surface area contributed by atoms with Crippen molar-refractivity contribution in [3.8, 4) is 11.1 Å². The standard InChI is InChI=1S/C18H16FNO5/c19-14-7-5-13(6-8-14)12-3-1-11(2-4-12)9-16(21)20-15(18(24)25)10-17(22)23/h1-8,15H,9-10H2,(H,20,21)(H,22,23)(H,24,25)/t15-/m0/s1. The van der Waals surface area contributed by atoms with Crippen molar-refractivity contribution in [3.05, 3.63) is 59.9 Å². The van der Waals surface area contributed by atoms with Gasteiger partial charge in [-0.2, -0.15) is 0 Å². The number of carbonyl (C=O) groups excluding carboxylic acids is 1. The van der Waals surface area contributed by atoms with Crippen molar-refractivity contribution < 1.29 is 29.0 Å². The van der Waals surface area contributed by atoms with E-state index in [1.165, 1.54) is 12.1 Å². The van der Waals surface area contributed by atoms with E-state index in [1.807, 2.05) is 0 Å². The Morgan fingerprint density at radius 3 is 1.92 bits per heavy atom. The highest BCUT2D eigenvalue weighted by molar-refractivity contribution is 5.87. The van der Waals surface area contributed by atoms with E-state index in [9.17, 15) is 18.8 Å². The fourth-order valence-electron chi connectivity index (χ4n) is 2.26. The Kier molecular flexibility index (Phi) is 5.84. The third kappa shape index (κ3) is 5.42. The van der Waals surface area contributed by atoms with Crippen molar-refractivity contribution in [2.24, 2.45) is 0 Å². The van der Waals surface area contributed by atoms with Crippen LogP contribution < -0.4 is 5.32 Å². The number of carboxylic acid groups (broad SMARTS) is 2. The van der Waals surface area contributed by atoms with E-state index in [2.05, 4.69) is 5.32 Å². The molecule has 2 rings (SSSR count). The summed E-state index contributed by atoms with van der Waals surface area (Å²) in [6.07, 6.45) is -0.766. The first-order chi connectivity index (χ1) is 11.8. The quantitative estimate of drug-likeness (QED) is 0.713. The lowest BCUT2D eigenvalue weighted by Gasteiger charge is -2.12. The molecule has 0 saturated heterocycles. The highest BCUT2D eigenvalue weighted by atomic mass is 19.1. The van der Waals surface area contributed by atoms with Crippen molar-refractivity contribution in [1.29, 1.82) is 0 Å². The average Bonchev–Trinajstić information content (AvgIpc) is 2.55. The fraction of sp³-hybridized carbons (Fsp3) is 0.167. The summed E-state index contributed by atoms with van der Waals surface area (Å²) in [5.41, 5.74) is 2.31. The summed E-state index contributed by atoms with van der Waals surface area (Å²) in [6, 6.07) is 11.4. The van der Waals surface area contributed by atoms with Gasteiger partial charge in [-0.15, -0.1) is 0 Å². The van der Waals surface area contributed by atoms with Crippen LogP contribution in [-0.4, -0.2) is 34.1 Å². The summed E-state index contributed by atoms with van der Waals surface area (Å²) in [5.74, 6) is -3.62. The van der Waals surface area contributed by atoms with E-state index < -0.39 is 30.3 Å². The lowest BCUT2D eigenvalue weighted by molar-refractivity contribution is -0.147. The summed E-state index contributed by atoms with van der Waals surface area (Å²) in [7, 11) is 0. The number of carboxylic acids is 2. The van der Waals surface area contributed by atoms with Crippen molar-refractivity contribution >= 4 is 17.8 Å². The van der Waals surface area contributed by atoms with Gasteiger partial charge in [-0.3, -0.25) is 9.59 Å². The van der Waals surface area contributed by atoms with Gasteiger partial charge in [0.1, 0.15) is 11.9 Å². The molecule has 3 N–H and O–H groups in total. The van der Waals surface area contributed by atoms with Crippen molar-refractivity contribution in [3.63, 3.8) is 0 Å². The van der Waals surface area contributed by atoms with E-state index in [-0.39, 0.29) is 12.2 Å². The van der Waals surface area contributed by atoms with Gasteiger partial charge in [0.25, 0.3) is 0 Å². The monoisotopic (exact) mass is 345 g/mol. The van der Waals surface area contributed by atoms with Crippen molar-refractivity contribution in [2.75, 3.05) is 0 Å². The average molecular weight is 345 g/mol. The van der Waals surface area contributed by atoms with Gasteiger partial charge in [0.05, 0.1) is 12.8 Å². The molecule has 0 unspecified atom stereocenters. The molecule has 0 fully saturated rings. The number of hydrogen-bond acceptors (Lipinski definition) is 3. The molecule has 1 amide bonds. The molecule has 25 heavy (non-hydrogen) atoms. The Bertz CT molecular complexity index is 771. The topological polar surface area (TPSA) is 104 Å². The minimum Gasteiger partial charge on any atom is -0.481 e. The van der Waals surface area contributed by atoms with E-state index in [0.29, 0.717) is 5.56 Å². The lowest BCUT2D eigenvalue weighted by atomic mass is 10.0. The minimum absolute atomic E-state index is 0.0763. The van der Waals surface area contributed by atoms with Gasteiger partial charge in [-0.1, -0.05) is 36.4 Å². The van der Waals surface area contributed by atoms with Crippen LogP contribution in [0.5, 0.6) is 0 Å². The predicted molar refractivity (Wildman–Crippen MR) is 87.4 cm³/mol. The second kappa shape index (κ2) is 8.05. The highest BCUT2D eigenvalue weighted by Crippen LogP contribution is 2.20.